The molecule has 4 nitrogen and oxygen atoms in total. The van der Waals surface area contributed by atoms with Crippen LogP contribution in [0.25, 0.3) is 0 Å². The summed E-state index contributed by atoms with van der Waals surface area (Å²) in [6.07, 6.45) is 7.63. The SMILES string of the molecule is Cc1cn[nH]c1C1CCN(C(=O)c2csc3c2CCCC3)C1. The third kappa shape index (κ3) is 2.28. The van der Waals surface area contributed by atoms with Gasteiger partial charge in [0.2, 0.25) is 0 Å². The number of fused-ring (bicyclic) bond motifs is 1. The van der Waals surface area contributed by atoms with Gasteiger partial charge in [0, 0.05) is 35.0 Å². The Balaban J connectivity index is 1.52. The topological polar surface area (TPSA) is 49.0 Å². The zero-order chi connectivity index (χ0) is 15.1. The molecule has 0 radical (unpaired) electrons. The lowest BCUT2D eigenvalue weighted by Crippen LogP contribution is -2.29. The smallest absolute Gasteiger partial charge is 0.255 e. The summed E-state index contributed by atoms with van der Waals surface area (Å²) in [7, 11) is 0. The zero-order valence-corrected chi connectivity index (χ0v) is 13.7. The van der Waals surface area contributed by atoms with Gasteiger partial charge in [0.15, 0.2) is 0 Å². The third-order valence-electron chi connectivity index (χ3n) is 5.04. The fourth-order valence-electron chi connectivity index (χ4n) is 3.79. The quantitative estimate of drug-likeness (QED) is 0.924. The first kappa shape index (κ1) is 14.0. The van der Waals surface area contributed by atoms with E-state index in [0.717, 1.165) is 37.9 Å². The van der Waals surface area contributed by atoms with E-state index in [4.69, 9.17) is 0 Å². The molecule has 2 aromatic heterocycles. The summed E-state index contributed by atoms with van der Waals surface area (Å²) in [4.78, 5) is 16.4. The van der Waals surface area contributed by atoms with Crippen molar-refractivity contribution in [3.8, 4) is 0 Å². The number of nitrogens with zero attached hydrogens (tertiary/aromatic N) is 2. The molecule has 1 aliphatic heterocycles. The van der Waals surface area contributed by atoms with Crippen molar-refractivity contribution < 1.29 is 4.79 Å². The molecule has 1 amide bonds. The largest absolute Gasteiger partial charge is 0.338 e. The van der Waals surface area contributed by atoms with Crippen LogP contribution in [0.4, 0.5) is 0 Å². The van der Waals surface area contributed by atoms with E-state index in [9.17, 15) is 4.79 Å². The number of likely N-dealkylation sites (tertiary alicyclic amines) is 1. The van der Waals surface area contributed by atoms with Crippen LogP contribution in [0.3, 0.4) is 0 Å². The number of thiophene rings is 1. The molecule has 0 saturated carbocycles. The number of rotatable bonds is 2. The minimum Gasteiger partial charge on any atom is -0.338 e. The van der Waals surface area contributed by atoms with E-state index >= 15 is 0 Å². The fourth-order valence-corrected chi connectivity index (χ4v) is 4.91. The first-order chi connectivity index (χ1) is 10.7. The predicted octanol–water partition coefficient (Wildman–Crippen LogP) is 3.29. The molecule has 116 valence electrons. The number of nitrogens with one attached hydrogen (secondary N) is 1. The average Bonchev–Trinajstić information content (AvgIpc) is 3.25. The summed E-state index contributed by atoms with van der Waals surface area (Å²) in [6.45, 7) is 3.75. The number of aromatic nitrogens is 2. The minimum atomic E-state index is 0.235. The van der Waals surface area contributed by atoms with E-state index in [1.165, 1.54) is 34.5 Å². The normalized spacial score (nSPS) is 21.1. The second kappa shape index (κ2) is 5.54. The molecule has 1 unspecified atom stereocenters. The molecule has 1 aliphatic carbocycles. The summed E-state index contributed by atoms with van der Waals surface area (Å²) in [5.41, 5.74) is 4.71. The molecular formula is C17H21N3OS. The molecule has 1 atom stereocenters. The van der Waals surface area contributed by atoms with Gasteiger partial charge in [0.05, 0.1) is 11.8 Å². The van der Waals surface area contributed by atoms with Crippen LogP contribution in [-0.2, 0) is 12.8 Å². The molecule has 2 aliphatic rings. The summed E-state index contributed by atoms with van der Waals surface area (Å²) < 4.78 is 0. The minimum absolute atomic E-state index is 0.235. The van der Waals surface area contributed by atoms with Crippen molar-refractivity contribution in [2.24, 2.45) is 0 Å². The highest BCUT2D eigenvalue weighted by Crippen LogP contribution is 2.33. The van der Waals surface area contributed by atoms with Crippen LogP contribution in [0.2, 0.25) is 0 Å². The lowest BCUT2D eigenvalue weighted by Gasteiger charge is -2.18. The molecule has 0 spiro atoms. The number of aryl methyl sites for hydroxylation is 2. The lowest BCUT2D eigenvalue weighted by atomic mass is 9.95. The van der Waals surface area contributed by atoms with Crippen molar-refractivity contribution in [2.45, 2.75) is 44.9 Å². The van der Waals surface area contributed by atoms with Crippen molar-refractivity contribution in [3.63, 3.8) is 0 Å². The molecule has 22 heavy (non-hydrogen) atoms. The third-order valence-corrected chi connectivity index (χ3v) is 6.13. The van der Waals surface area contributed by atoms with Gasteiger partial charge in [-0.1, -0.05) is 0 Å². The number of H-pyrrole nitrogens is 1. The van der Waals surface area contributed by atoms with Crippen LogP contribution in [0.5, 0.6) is 0 Å². The van der Waals surface area contributed by atoms with E-state index < -0.39 is 0 Å². The van der Waals surface area contributed by atoms with Gasteiger partial charge in [-0.25, -0.2) is 0 Å². The molecule has 0 aromatic carbocycles. The second-order valence-corrected chi connectivity index (χ2v) is 7.43. The highest BCUT2D eigenvalue weighted by atomic mass is 32.1. The monoisotopic (exact) mass is 315 g/mol. The maximum Gasteiger partial charge on any atom is 0.255 e. The van der Waals surface area contributed by atoms with Gasteiger partial charge in [-0.2, -0.15) is 5.10 Å². The van der Waals surface area contributed by atoms with Crippen LogP contribution in [-0.4, -0.2) is 34.1 Å². The Morgan fingerprint density at radius 2 is 2.27 bits per heavy atom. The first-order valence-electron chi connectivity index (χ1n) is 8.12. The van der Waals surface area contributed by atoms with Crippen molar-refractivity contribution in [3.05, 3.63) is 38.8 Å². The van der Waals surface area contributed by atoms with E-state index in [0.29, 0.717) is 5.92 Å². The van der Waals surface area contributed by atoms with Gasteiger partial charge in [-0.05, 0) is 50.2 Å². The molecule has 3 heterocycles. The number of carbonyl (C=O) groups is 1. The Bertz CT molecular complexity index is 703. The van der Waals surface area contributed by atoms with Crippen LogP contribution in [0.1, 0.15) is 57.2 Å². The highest BCUT2D eigenvalue weighted by Gasteiger charge is 2.31. The number of aromatic amines is 1. The van der Waals surface area contributed by atoms with Crippen LogP contribution >= 0.6 is 11.3 Å². The Labute approximate surface area is 134 Å². The van der Waals surface area contributed by atoms with Gasteiger partial charge in [0.25, 0.3) is 5.91 Å². The van der Waals surface area contributed by atoms with Crippen LogP contribution < -0.4 is 0 Å². The first-order valence-corrected chi connectivity index (χ1v) is 9.00. The average molecular weight is 315 g/mol. The summed E-state index contributed by atoms with van der Waals surface area (Å²) >= 11 is 1.78. The highest BCUT2D eigenvalue weighted by molar-refractivity contribution is 7.10. The summed E-state index contributed by atoms with van der Waals surface area (Å²) in [5, 5.41) is 9.31. The lowest BCUT2D eigenvalue weighted by molar-refractivity contribution is 0.0790. The van der Waals surface area contributed by atoms with Crippen LogP contribution in [0.15, 0.2) is 11.6 Å². The molecule has 1 fully saturated rings. The second-order valence-electron chi connectivity index (χ2n) is 6.46. The molecule has 0 bridgehead atoms. The van der Waals surface area contributed by atoms with E-state index in [-0.39, 0.29) is 5.91 Å². The van der Waals surface area contributed by atoms with E-state index in [2.05, 4.69) is 22.5 Å². The molecule has 1 N–H and O–H groups in total. The van der Waals surface area contributed by atoms with Crippen LogP contribution in [0, 0.1) is 6.92 Å². The number of hydrogen-bond donors (Lipinski definition) is 1. The van der Waals surface area contributed by atoms with Crippen molar-refractivity contribution in [2.75, 3.05) is 13.1 Å². The van der Waals surface area contributed by atoms with Gasteiger partial charge < -0.3 is 4.90 Å². The van der Waals surface area contributed by atoms with Crippen molar-refractivity contribution in [1.29, 1.82) is 0 Å². The molecule has 5 heteroatoms. The Hall–Kier alpha value is -1.62. The van der Waals surface area contributed by atoms with Gasteiger partial charge in [-0.3, -0.25) is 9.89 Å². The molecule has 4 rings (SSSR count). The molecule has 2 aromatic rings. The zero-order valence-electron chi connectivity index (χ0n) is 12.9. The van der Waals surface area contributed by atoms with Gasteiger partial charge in [-0.15, -0.1) is 11.3 Å². The molecular weight excluding hydrogens is 294 g/mol. The predicted molar refractivity (Wildman–Crippen MR) is 87.5 cm³/mol. The fraction of sp³-hybridized carbons (Fsp3) is 0.529. The summed E-state index contributed by atoms with van der Waals surface area (Å²) in [5.74, 6) is 0.639. The van der Waals surface area contributed by atoms with Gasteiger partial charge in [0.1, 0.15) is 0 Å². The standard InChI is InChI=1S/C17H21N3OS/c1-11-8-18-19-16(11)12-6-7-20(9-12)17(21)14-10-22-15-5-3-2-4-13(14)15/h8,10,12H,2-7,9H2,1H3,(H,18,19). The van der Waals surface area contributed by atoms with Crippen molar-refractivity contribution >= 4 is 17.2 Å². The Kier molecular flexibility index (Phi) is 3.53. The van der Waals surface area contributed by atoms with E-state index in [1.54, 1.807) is 11.3 Å². The number of hydrogen-bond acceptors (Lipinski definition) is 3. The Morgan fingerprint density at radius 1 is 1.41 bits per heavy atom. The molecule has 1 saturated heterocycles. The van der Waals surface area contributed by atoms with E-state index in [1.807, 2.05) is 11.1 Å². The van der Waals surface area contributed by atoms with Gasteiger partial charge >= 0.3 is 0 Å². The number of amides is 1. The summed E-state index contributed by atoms with van der Waals surface area (Å²) in [6, 6.07) is 0. The Morgan fingerprint density at radius 3 is 3.09 bits per heavy atom. The number of carbonyl (C=O) groups excluding carboxylic acids is 1. The maximum atomic E-state index is 12.9. The maximum absolute atomic E-state index is 12.9. The van der Waals surface area contributed by atoms with Crippen molar-refractivity contribution in [1.82, 2.24) is 15.1 Å².